The fourth-order valence-corrected chi connectivity index (χ4v) is 4.58. The van der Waals surface area contributed by atoms with Gasteiger partial charge in [0.15, 0.2) is 5.16 Å². The minimum absolute atomic E-state index is 0.118. The number of nitrogens with zero attached hydrogens (tertiary/aromatic N) is 3. The van der Waals surface area contributed by atoms with E-state index in [2.05, 4.69) is 68.4 Å². The summed E-state index contributed by atoms with van der Waals surface area (Å²) >= 11 is 1.57. The number of aromatic nitrogens is 4. The molecule has 6 nitrogen and oxygen atoms in total. The van der Waals surface area contributed by atoms with Crippen LogP contribution in [0, 0.1) is 0 Å². The van der Waals surface area contributed by atoms with Gasteiger partial charge >= 0.3 is 0 Å². The van der Waals surface area contributed by atoms with Crippen LogP contribution in [0.25, 0.3) is 21.8 Å². The maximum Gasteiger partial charge on any atom is 0.255 e. The minimum atomic E-state index is -0.118. The molecule has 1 amide bonds. The molecule has 3 aromatic carbocycles. The average molecular weight is 428 g/mol. The predicted molar refractivity (Wildman–Crippen MR) is 125 cm³/mol. The lowest BCUT2D eigenvalue weighted by Crippen LogP contribution is -2.11. The smallest absolute Gasteiger partial charge is 0.255 e. The maximum absolute atomic E-state index is 12.8. The van der Waals surface area contributed by atoms with Gasteiger partial charge in [0, 0.05) is 45.4 Å². The van der Waals surface area contributed by atoms with Crippen LogP contribution in [0.5, 0.6) is 0 Å². The van der Waals surface area contributed by atoms with Crippen molar-refractivity contribution in [2.45, 2.75) is 24.4 Å². The highest BCUT2D eigenvalue weighted by Gasteiger charge is 2.12. The number of thioether (sulfide) groups is 1. The SMILES string of the molecule is CCn1c2ccccc2c2cc(NC(=O)c3ccc(CSc4ncn[nH]4)cc3)ccc21. The summed E-state index contributed by atoms with van der Waals surface area (Å²) in [5, 5.41) is 12.8. The van der Waals surface area contributed by atoms with Gasteiger partial charge in [0.2, 0.25) is 0 Å². The third-order valence-corrected chi connectivity index (χ3v) is 6.28. The summed E-state index contributed by atoms with van der Waals surface area (Å²) in [5.74, 6) is 0.642. The second kappa shape index (κ2) is 8.28. The Balaban J connectivity index is 1.34. The third-order valence-electron chi connectivity index (χ3n) is 5.33. The Morgan fingerprint density at radius 3 is 2.61 bits per heavy atom. The molecule has 0 atom stereocenters. The highest BCUT2D eigenvalue weighted by atomic mass is 32.2. The van der Waals surface area contributed by atoms with Crippen molar-refractivity contribution in [1.82, 2.24) is 19.7 Å². The van der Waals surface area contributed by atoms with Crippen LogP contribution in [-0.4, -0.2) is 25.7 Å². The number of carbonyl (C=O) groups excluding carboxylic acids is 1. The first-order valence-electron chi connectivity index (χ1n) is 10.1. The lowest BCUT2D eigenvalue weighted by atomic mass is 10.1. The topological polar surface area (TPSA) is 75.6 Å². The number of hydrogen-bond acceptors (Lipinski definition) is 4. The molecule has 0 saturated heterocycles. The fourth-order valence-electron chi connectivity index (χ4n) is 3.84. The Hall–Kier alpha value is -3.58. The fraction of sp³-hybridized carbons (Fsp3) is 0.125. The van der Waals surface area contributed by atoms with E-state index in [0.717, 1.165) is 34.1 Å². The van der Waals surface area contributed by atoms with Crippen LogP contribution in [-0.2, 0) is 12.3 Å². The highest BCUT2D eigenvalue weighted by molar-refractivity contribution is 7.98. The van der Waals surface area contributed by atoms with E-state index in [1.54, 1.807) is 11.8 Å². The number of hydrogen-bond donors (Lipinski definition) is 2. The van der Waals surface area contributed by atoms with Gasteiger partial charge in [0.25, 0.3) is 5.91 Å². The molecular weight excluding hydrogens is 406 g/mol. The molecule has 0 unspecified atom stereocenters. The summed E-state index contributed by atoms with van der Waals surface area (Å²) in [6.07, 6.45) is 1.49. The lowest BCUT2D eigenvalue weighted by Gasteiger charge is -2.07. The summed E-state index contributed by atoms with van der Waals surface area (Å²) in [7, 11) is 0. The average Bonchev–Trinajstić information content (AvgIpc) is 3.44. The molecule has 0 aliphatic rings. The van der Waals surface area contributed by atoms with Crippen LogP contribution in [0.1, 0.15) is 22.8 Å². The van der Waals surface area contributed by atoms with Gasteiger partial charge in [-0.15, -0.1) is 0 Å². The van der Waals surface area contributed by atoms with Crippen LogP contribution in [0.2, 0.25) is 0 Å². The summed E-state index contributed by atoms with van der Waals surface area (Å²) in [6, 6.07) is 22.1. The number of rotatable bonds is 6. The number of H-pyrrole nitrogens is 1. The summed E-state index contributed by atoms with van der Waals surface area (Å²) in [4.78, 5) is 16.9. The second-order valence-electron chi connectivity index (χ2n) is 7.22. The van der Waals surface area contributed by atoms with E-state index >= 15 is 0 Å². The van der Waals surface area contributed by atoms with Crippen LogP contribution >= 0.6 is 11.8 Å². The molecule has 2 aromatic heterocycles. The Labute approximate surface area is 183 Å². The second-order valence-corrected chi connectivity index (χ2v) is 8.19. The van der Waals surface area contributed by atoms with Crippen LogP contribution < -0.4 is 5.32 Å². The normalized spacial score (nSPS) is 11.3. The molecule has 2 N–H and O–H groups in total. The predicted octanol–water partition coefficient (Wildman–Crippen LogP) is 5.48. The van der Waals surface area contributed by atoms with E-state index in [1.165, 1.54) is 22.7 Å². The number of benzene rings is 3. The molecule has 2 heterocycles. The number of amides is 1. The standard InChI is InChI=1S/C24H21N5OS/c1-2-29-21-6-4-3-5-19(21)20-13-18(11-12-22(20)29)27-23(30)17-9-7-16(8-10-17)14-31-24-25-15-26-28-24/h3-13,15H,2,14H2,1H3,(H,27,30)(H,25,26,28). The number of aromatic amines is 1. The maximum atomic E-state index is 12.8. The van der Waals surface area contributed by atoms with Crippen molar-refractivity contribution in [1.29, 1.82) is 0 Å². The number of anilines is 1. The number of fused-ring (bicyclic) bond motifs is 3. The largest absolute Gasteiger partial charge is 0.341 e. The van der Waals surface area contributed by atoms with Gasteiger partial charge in [-0.1, -0.05) is 42.1 Å². The highest BCUT2D eigenvalue weighted by Crippen LogP contribution is 2.31. The monoisotopic (exact) mass is 427 g/mol. The zero-order valence-corrected chi connectivity index (χ0v) is 17.8. The van der Waals surface area contributed by atoms with E-state index in [4.69, 9.17) is 0 Å². The molecule has 0 spiro atoms. The van der Waals surface area contributed by atoms with Gasteiger partial charge in [-0.25, -0.2) is 4.98 Å². The molecule has 0 aliphatic carbocycles. The molecule has 5 rings (SSSR count). The van der Waals surface area contributed by atoms with Crippen molar-refractivity contribution in [3.05, 3.63) is 84.2 Å². The first kappa shape index (κ1) is 19.4. The van der Waals surface area contributed by atoms with Crippen LogP contribution in [0.3, 0.4) is 0 Å². The van der Waals surface area contributed by atoms with Gasteiger partial charge in [-0.2, -0.15) is 5.10 Å². The van der Waals surface area contributed by atoms with E-state index in [1.807, 2.05) is 30.3 Å². The summed E-state index contributed by atoms with van der Waals surface area (Å²) in [5.41, 5.74) is 4.93. The van der Waals surface area contributed by atoms with E-state index in [9.17, 15) is 4.79 Å². The molecule has 0 aliphatic heterocycles. The minimum Gasteiger partial charge on any atom is -0.341 e. The molecule has 0 bridgehead atoms. The van der Waals surface area contributed by atoms with Crippen molar-refractivity contribution >= 4 is 45.2 Å². The van der Waals surface area contributed by atoms with E-state index < -0.39 is 0 Å². The van der Waals surface area contributed by atoms with Gasteiger partial charge in [-0.3, -0.25) is 9.89 Å². The van der Waals surface area contributed by atoms with Crippen LogP contribution in [0.15, 0.2) is 78.2 Å². The van der Waals surface area contributed by atoms with Crippen molar-refractivity contribution in [3.63, 3.8) is 0 Å². The van der Waals surface area contributed by atoms with E-state index in [0.29, 0.717) is 5.56 Å². The zero-order valence-electron chi connectivity index (χ0n) is 17.0. The molecule has 154 valence electrons. The Morgan fingerprint density at radius 1 is 1.03 bits per heavy atom. The Kier molecular flexibility index (Phi) is 5.18. The van der Waals surface area contributed by atoms with Crippen molar-refractivity contribution in [2.24, 2.45) is 0 Å². The number of para-hydroxylation sites is 1. The van der Waals surface area contributed by atoms with Crippen molar-refractivity contribution in [3.8, 4) is 0 Å². The van der Waals surface area contributed by atoms with Gasteiger partial charge in [0.1, 0.15) is 6.33 Å². The molecule has 0 fully saturated rings. The van der Waals surface area contributed by atoms with Gasteiger partial charge < -0.3 is 9.88 Å². The third kappa shape index (κ3) is 3.80. The zero-order chi connectivity index (χ0) is 21.2. The first-order valence-corrected chi connectivity index (χ1v) is 11.1. The number of nitrogens with one attached hydrogen (secondary N) is 2. The molecule has 0 saturated carbocycles. The molecular formula is C24H21N5OS. The number of carbonyl (C=O) groups is 1. The first-order chi connectivity index (χ1) is 15.2. The summed E-state index contributed by atoms with van der Waals surface area (Å²) in [6.45, 7) is 3.05. The quantitative estimate of drug-likeness (QED) is 0.352. The van der Waals surface area contributed by atoms with Crippen molar-refractivity contribution in [2.75, 3.05) is 5.32 Å². The Bertz CT molecular complexity index is 1360. The molecule has 0 radical (unpaired) electrons. The van der Waals surface area contributed by atoms with E-state index in [-0.39, 0.29) is 5.91 Å². The van der Waals surface area contributed by atoms with Gasteiger partial charge in [0.05, 0.1) is 0 Å². The molecule has 5 aromatic rings. The Morgan fingerprint density at radius 2 is 1.84 bits per heavy atom. The van der Waals surface area contributed by atoms with Crippen LogP contribution in [0.4, 0.5) is 5.69 Å². The molecule has 7 heteroatoms. The van der Waals surface area contributed by atoms with Gasteiger partial charge in [-0.05, 0) is 48.9 Å². The lowest BCUT2D eigenvalue weighted by molar-refractivity contribution is 0.102. The van der Waals surface area contributed by atoms with Crippen molar-refractivity contribution < 1.29 is 4.79 Å². The summed E-state index contributed by atoms with van der Waals surface area (Å²) < 4.78 is 2.30. The molecule has 31 heavy (non-hydrogen) atoms. The number of aryl methyl sites for hydroxylation is 1.